The second-order valence-corrected chi connectivity index (χ2v) is 12.8. The van der Waals surface area contributed by atoms with Gasteiger partial charge in [0, 0.05) is 0 Å². The highest BCUT2D eigenvalue weighted by molar-refractivity contribution is 6.30. The summed E-state index contributed by atoms with van der Waals surface area (Å²) in [5.74, 6) is 0. The van der Waals surface area contributed by atoms with Gasteiger partial charge in [-0.25, -0.2) is 0 Å². The van der Waals surface area contributed by atoms with Crippen molar-refractivity contribution in [1.29, 1.82) is 0 Å². The van der Waals surface area contributed by atoms with E-state index in [0.717, 1.165) is 0 Å². The lowest BCUT2D eigenvalue weighted by molar-refractivity contribution is 1.58. The van der Waals surface area contributed by atoms with E-state index in [2.05, 4.69) is 182 Å². The van der Waals surface area contributed by atoms with Crippen LogP contribution in [0, 0.1) is 0 Å². The minimum absolute atomic E-state index is 1.22. The summed E-state index contributed by atoms with van der Waals surface area (Å²) >= 11 is 0. The Morgan fingerprint density at radius 3 is 1.25 bits per heavy atom. The third kappa shape index (κ3) is 4.10. The molecule has 0 saturated heterocycles. The average molecular weight is 607 g/mol. The molecule has 0 nitrogen and oxygen atoms in total. The predicted octanol–water partition coefficient (Wildman–Crippen LogP) is 13.6. The fraction of sp³-hybridized carbons (Fsp3) is 0. The van der Waals surface area contributed by atoms with Gasteiger partial charge in [-0.2, -0.15) is 0 Å². The van der Waals surface area contributed by atoms with Crippen LogP contribution in [0.5, 0.6) is 0 Å². The van der Waals surface area contributed by atoms with Gasteiger partial charge in [-0.05, 0) is 123 Å². The van der Waals surface area contributed by atoms with Crippen LogP contribution >= 0.6 is 0 Å². The largest absolute Gasteiger partial charge is 0.0622 e. The summed E-state index contributed by atoms with van der Waals surface area (Å²) in [7, 11) is 0. The topological polar surface area (TPSA) is 0 Å². The molecule has 0 aliphatic heterocycles. The van der Waals surface area contributed by atoms with E-state index in [9.17, 15) is 0 Å². The van der Waals surface area contributed by atoms with Gasteiger partial charge < -0.3 is 0 Å². The van der Waals surface area contributed by atoms with Gasteiger partial charge in [-0.3, -0.25) is 0 Å². The van der Waals surface area contributed by atoms with E-state index in [4.69, 9.17) is 0 Å². The van der Waals surface area contributed by atoms with Crippen LogP contribution in [0.25, 0.3) is 98.4 Å². The van der Waals surface area contributed by atoms with E-state index in [1.807, 2.05) is 0 Å². The van der Waals surface area contributed by atoms with Gasteiger partial charge in [0.05, 0.1) is 0 Å². The maximum absolute atomic E-state index is 2.43. The van der Waals surface area contributed by atoms with Crippen molar-refractivity contribution in [3.63, 3.8) is 0 Å². The van der Waals surface area contributed by atoms with Gasteiger partial charge >= 0.3 is 0 Å². The molecule has 10 aromatic rings. The number of hydrogen-bond donors (Lipinski definition) is 0. The predicted molar refractivity (Wildman–Crippen MR) is 207 cm³/mol. The van der Waals surface area contributed by atoms with E-state index >= 15 is 0 Å². The van der Waals surface area contributed by atoms with Crippen LogP contribution in [0.4, 0.5) is 0 Å². The summed E-state index contributed by atoms with van der Waals surface area (Å²) in [5, 5.41) is 12.9. The lowest BCUT2D eigenvalue weighted by Gasteiger charge is -2.21. The van der Waals surface area contributed by atoms with Crippen LogP contribution in [-0.4, -0.2) is 0 Å². The first-order chi connectivity index (χ1) is 23.8. The van der Waals surface area contributed by atoms with Crippen molar-refractivity contribution in [2.75, 3.05) is 0 Å². The van der Waals surface area contributed by atoms with Crippen LogP contribution in [-0.2, 0) is 0 Å². The molecule has 0 unspecified atom stereocenters. The first-order valence-corrected chi connectivity index (χ1v) is 16.7. The Hall–Kier alpha value is -6.24. The lowest BCUT2D eigenvalue weighted by atomic mass is 9.82. The Balaban J connectivity index is 1.34. The molecule has 48 heavy (non-hydrogen) atoms. The molecule has 0 N–H and O–H groups in total. The van der Waals surface area contributed by atoms with Crippen molar-refractivity contribution in [3.8, 4) is 44.5 Å². The highest BCUT2D eigenvalue weighted by Crippen LogP contribution is 2.48. The van der Waals surface area contributed by atoms with Crippen molar-refractivity contribution in [1.82, 2.24) is 0 Å². The van der Waals surface area contributed by atoms with Gasteiger partial charge in [0.15, 0.2) is 0 Å². The Labute approximate surface area is 279 Å². The summed E-state index contributed by atoms with van der Waals surface area (Å²) in [6.45, 7) is 0. The Morgan fingerprint density at radius 2 is 0.667 bits per heavy atom. The van der Waals surface area contributed by atoms with Gasteiger partial charge in [0.25, 0.3) is 0 Å². The lowest BCUT2D eigenvalue weighted by Crippen LogP contribution is -1.94. The first-order valence-electron chi connectivity index (χ1n) is 16.7. The highest BCUT2D eigenvalue weighted by Gasteiger charge is 2.21. The van der Waals surface area contributed by atoms with Gasteiger partial charge in [-0.15, -0.1) is 0 Å². The molecule has 222 valence electrons. The standard InChI is InChI=1S/C48H30/c1-3-13-31(14-4-1)36-27-37(32-15-5-2-6-16-32)29-38(28-36)46-39-20-7-9-22-41(39)48(42-23-10-8-21-40(42)46)44-30-35-19-11-17-33-25-26-34-18-12-24-43(44)47(34)45(33)35/h1-30H. The van der Waals surface area contributed by atoms with E-state index in [1.165, 1.54) is 98.4 Å². The molecule has 0 amide bonds. The molecule has 0 spiro atoms. The molecule has 0 heteroatoms. The summed E-state index contributed by atoms with van der Waals surface area (Å²) in [5.41, 5.74) is 9.96. The number of benzene rings is 10. The van der Waals surface area contributed by atoms with Crippen LogP contribution in [0.15, 0.2) is 182 Å². The first kappa shape index (κ1) is 26.9. The van der Waals surface area contributed by atoms with Crippen LogP contribution < -0.4 is 0 Å². The molecule has 0 aliphatic rings. The SMILES string of the molecule is c1ccc(-c2cc(-c3ccccc3)cc(-c3c4ccccc4c(-c4cc5cccc6ccc7cccc4c7c65)c4ccccc34)c2)cc1. The van der Waals surface area contributed by atoms with Gasteiger partial charge in [0.1, 0.15) is 0 Å². The van der Waals surface area contributed by atoms with Crippen molar-refractivity contribution in [2.24, 2.45) is 0 Å². The quantitative estimate of drug-likeness (QED) is 0.138. The molecule has 0 aliphatic carbocycles. The van der Waals surface area contributed by atoms with Crippen LogP contribution in [0.3, 0.4) is 0 Å². The fourth-order valence-corrected chi connectivity index (χ4v) is 8.06. The molecular weight excluding hydrogens is 577 g/mol. The minimum atomic E-state index is 1.22. The van der Waals surface area contributed by atoms with E-state index in [0.29, 0.717) is 0 Å². The van der Waals surface area contributed by atoms with E-state index < -0.39 is 0 Å². The highest BCUT2D eigenvalue weighted by atomic mass is 14.2. The second kappa shape index (κ2) is 10.7. The number of fused-ring (bicyclic) bond motifs is 2. The molecule has 10 rings (SSSR count). The van der Waals surface area contributed by atoms with Crippen LogP contribution in [0.2, 0.25) is 0 Å². The fourth-order valence-electron chi connectivity index (χ4n) is 8.06. The zero-order valence-electron chi connectivity index (χ0n) is 26.3. The second-order valence-electron chi connectivity index (χ2n) is 12.8. The van der Waals surface area contributed by atoms with Crippen LogP contribution in [0.1, 0.15) is 0 Å². The normalized spacial score (nSPS) is 11.8. The summed E-state index contributed by atoms with van der Waals surface area (Å²) < 4.78 is 0. The average Bonchev–Trinajstić information content (AvgIpc) is 3.16. The summed E-state index contributed by atoms with van der Waals surface area (Å²) in [4.78, 5) is 0. The Morgan fingerprint density at radius 1 is 0.229 bits per heavy atom. The Bertz CT molecular complexity index is 2690. The number of hydrogen-bond acceptors (Lipinski definition) is 0. The molecule has 0 aromatic heterocycles. The van der Waals surface area contributed by atoms with Crippen molar-refractivity contribution in [3.05, 3.63) is 182 Å². The molecule has 0 saturated carbocycles. The molecule has 0 heterocycles. The van der Waals surface area contributed by atoms with Crippen molar-refractivity contribution >= 4 is 53.9 Å². The molecule has 0 atom stereocenters. The maximum Gasteiger partial charge on any atom is -0.00199 e. The summed E-state index contributed by atoms with van der Waals surface area (Å²) in [6.07, 6.45) is 0. The minimum Gasteiger partial charge on any atom is -0.0622 e. The van der Waals surface area contributed by atoms with E-state index in [-0.39, 0.29) is 0 Å². The van der Waals surface area contributed by atoms with Crippen molar-refractivity contribution in [2.45, 2.75) is 0 Å². The van der Waals surface area contributed by atoms with E-state index in [1.54, 1.807) is 0 Å². The van der Waals surface area contributed by atoms with Gasteiger partial charge in [-0.1, -0.05) is 158 Å². The van der Waals surface area contributed by atoms with Crippen molar-refractivity contribution < 1.29 is 0 Å². The molecule has 0 bridgehead atoms. The Kier molecular flexibility index (Phi) is 5.98. The molecule has 0 fully saturated rings. The molecule has 10 aromatic carbocycles. The molecular formula is C48H30. The third-order valence-electron chi connectivity index (χ3n) is 10.1. The number of rotatable bonds is 4. The molecule has 0 radical (unpaired) electrons. The zero-order chi connectivity index (χ0) is 31.6. The smallest absolute Gasteiger partial charge is 0.00199 e. The monoisotopic (exact) mass is 606 g/mol. The van der Waals surface area contributed by atoms with Gasteiger partial charge in [0.2, 0.25) is 0 Å². The third-order valence-corrected chi connectivity index (χ3v) is 10.1. The zero-order valence-corrected chi connectivity index (χ0v) is 26.3. The summed E-state index contributed by atoms with van der Waals surface area (Å²) in [6, 6.07) is 67.1. The maximum atomic E-state index is 2.43.